The van der Waals surface area contributed by atoms with E-state index in [1.54, 1.807) is 38.1 Å². The summed E-state index contributed by atoms with van der Waals surface area (Å²) in [5.74, 6) is -0.392. The number of aromatic amines is 1. The molecule has 10 heteroatoms. The minimum atomic E-state index is -3.14. The number of nitrogens with one attached hydrogen (secondary N) is 2. The van der Waals surface area contributed by atoms with Crippen LogP contribution in [0.3, 0.4) is 0 Å². The van der Waals surface area contributed by atoms with E-state index in [0.29, 0.717) is 17.3 Å². The van der Waals surface area contributed by atoms with Crippen molar-refractivity contribution in [3.05, 3.63) is 45.1 Å². The van der Waals surface area contributed by atoms with Crippen LogP contribution in [0.1, 0.15) is 20.3 Å². The molecule has 1 aromatic heterocycles. The third-order valence-electron chi connectivity index (χ3n) is 3.79. The van der Waals surface area contributed by atoms with E-state index in [-0.39, 0.29) is 32.5 Å². The van der Waals surface area contributed by atoms with Gasteiger partial charge in [-0.1, -0.05) is 12.1 Å². The van der Waals surface area contributed by atoms with Crippen molar-refractivity contribution >= 4 is 24.4 Å². The van der Waals surface area contributed by atoms with Crippen molar-refractivity contribution < 1.29 is 18.4 Å². The smallest absolute Gasteiger partial charge is 0.330 e. The van der Waals surface area contributed by atoms with Gasteiger partial charge >= 0.3 is 13.3 Å². The van der Waals surface area contributed by atoms with Crippen LogP contribution in [0.4, 0.5) is 0 Å². The van der Waals surface area contributed by atoms with Gasteiger partial charge in [-0.25, -0.2) is 4.79 Å². The largest absolute Gasteiger partial charge is 0.355 e. The molecule has 9 nitrogen and oxygen atoms in total. The monoisotopic (exact) mass is 397 g/mol. The molecule has 0 bridgehead atoms. The van der Waals surface area contributed by atoms with Crippen LogP contribution in [0.5, 0.6) is 0 Å². The SMILES string of the molecule is CCOP(=O)(CCCNC(=O)Cn1c(=O)[nH]c(=O)c2ccccc21)OCC. The summed E-state index contributed by atoms with van der Waals surface area (Å²) in [5.41, 5.74) is -0.750. The summed E-state index contributed by atoms with van der Waals surface area (Å²) in [5, 5.41) is 3.00. The quantitative estimate of drug-likeness (QED) is 0.463. The molecule has 1 amide bonds. The highest BCUT2D eigenvalue weighted by molar-refractivity contribution is 7.53. The number of carbonyl (C=O) groups excluding carboxylic acids is 1. The lowest BCUT2D eigenvalue weighted by molar-refractivity contribution is -0.121. The molecule has 0 spiro atoms. The zero-order valence-corrected chi connectivity index (χ0v) is 16.3. The Labute approximate surface area is 156 Å². The summed E-state index contributed by atoms with van der Waals surface area (Å²) in [7, 11) is -3.14. The van der Waals surface area contributed by atoms with Crippen molar-refractivity contribution in [1.82, 2.24) is 14.9 Å². The van der Waals surface area contributed by atoms with Crippen LogP contribution in [0.2, 0.25) is 0 Å². The highest BCUT2D eigenvalue weighted by atomic mass is 31.2. The fourth-order valence-electron chi connectivity index (χ4n) is 2.66. The maximum absolute atomic E-state index is 12.3. The Morgan fingerprint density at radius 1 is 1.19 bits per heavy atom. The second kappa shape index (κ2) is 9.64. The van der Waals surface area contributed by atoms with Gasteiger partial charge in [0.25, 0.3) is 5.56 Å². The molecule has 0 aliphatic carbocycles. The van der Waals surface area contributed by atoms with Crippen molar-refractivity contribution in [2.75, 3.05) is 25.9 Å². The van der Waals surface area contributed by atoms with E-state index in [9.17, 15) is 18.9 Å². The van der Waals surface area contributed by atoms with E-state index < -0.39 is 24.8 Å². The molecule has 0 saturated heterocycles. The first-order chi connectivity index (χ1) is 12.9. The van der Waals surface area contributed by atoms with Crippen molar-refractivity contribution in [3.8, 4) is 0 Å². The zero-order chi connectivity index (χ0) is 19.9. The number of aromatic nitrogens is 2. The lowest BCUT2D eigenvalue weighted by atomic mass is 10.2. The van der Waals surface area contributed by atoms with Gasteiger partial charge in [-0.3, -0.25) is 23.7 Å². The number of carbonyl (C=O) groups is 1. The molecule has 2 aromatic rings. The second-order valence-electron chi connectivity index (χ2n) is 5.74. The van der Waals surface area contributed by atoms with Gasteiger partial charge in [0.05, 0.1) is 30.3 Å². The molecule has 27 heavy (non-hydrogen) atoms. The predicted molar refractivity (Wildman–Crippen MR) is 102 cm³/mol. The second-order valence-corrected chi connectivity index (χ2v) is 7.92. The minimum absolute atomic E-state index is 0.191. The summed E-state index contributed by atoms with van der Waals surface area (Å²) in [6.07, 6.45) is 0.598. The molecule has 0 radical (unpaired) electrons. The van der Waals surface area contributed by atoms with Crippen LogP contribution in [0.25, 0.3) is 10.9 Å². The lowest BCUT2D eigenvalue weighted by Gasteiger charge is -2.17. The Morgan fingerprint density at radius 2 is 1.85 bits per heavy atom. The molecule has 2 N–H and O–H groups in total. The number of hydrogen-bond donors (Lipinski definition) is 2. The van der Waals surface area contributed by atoms with Crippen LogP contribution in [0, 0.1) is 0 Å². The Kier molecular flexibility index (Phi) is 7.53. The summed E-state index contributed by atoms with van der Waals surface area (Å²) >= 11 is 0. The molecule has 0 atom stereocenters. The number of hydrogen-bond acceptors (Lipinski definition) is 6. The number of para-hydroxylation sites is 1. The van der Waals surface area contributed by atoms with Gasteiger partial charge in [0.1, 0.15) is 6.54 Å². The Balaban J connectivity index is 1.97. The van der Waals surface area contributed by atoms with E-state index in [1.165, 1.54) is 4.57 Å². The third kappa shape index (κ3) is 5.63. The number of fused-ring (bicyclic) bond motifs is 1. The van der Waals surface area contributed by atoms with Crippen LogP contribution < -0.4 is 16.6 Å². The fourth-order valence-corrected chi connectivity index (χ4v) is 4.32. The number of benzene rings is 1. The van der Waals surface area contributed by atoms with Crippen molar-refractivity contribution in [2.45, 2.75) is 26.8 Å². The maximum atomic E-state index is 12.3. The van der Waals surface area contributed by atoms with Crippen molar-refractivity contribution in [2.24, 2.45) is 0 Å². The van der Waals surface area contributed by atoms with Gasteiger partial charge in [0.2, 0.25) is 5.91 Å². The predicted octanol–water partition coefficient (Wildman–Crippen LogP) is 1.46. The molecule has 0 aliphatic rings. The lowest BCUT2D eigenvalue weighted by Crippen LogP contribution is -2.36. The van der Waals surface area contributed by atoms with E-state index in [1.807, 2.05) is 0 Å². The summed E-state index contributed by atoms with van der Waals surface area (Å²) in [6.45, 7) is 4.07. The van der Waals surface area contributed by atoms with E-state index in [4.69, 9.17) is 9.05 Å². The van der Waals surface area contributed by atoms with E-state index in [2.05, 4.69) is 10.3 Å². The molecule has 2 rings (SSSR count). The summed E-state index contributed by atoms with van der Waals surface area (Å²) in [6, 6.07) is 6.57. The van der Waals surface area contributed by atoms with Crippen LogP contribution in [-0.4, -0.2) is 41.4 Å². The molecule has 0 saturated carbocycles. The van der Waals surface area contributed by atoms with Gasteiger partial charge in [-0.15, -0.1) is 0 Å². The van der Waals surface area contributed by atoms with Crippen molar-refractivity contribution in [3.63, 3.8) is 0 Å². The first-order valence-corrected chi connectivity index (χ1v) is 10.5. The van der Waals surface area contributed by atoms with Gasteiger partial charge in [-0.05, 0) is 32.4 Å². The first kappa shape index (κ1) is 21.1. The van der Waals surface area contributed by atoms with Gasteiger partial charge in [-0.2, -0.15) is 0 Å². The maximum Gasteiger partial charge on any atom is 0.330 e. The number of nitrogens with zero attached hydrogens (tertiary/aromatic N) is 1. The topological polar surface area (TPSA) is 119 Å². The standard InChI is InChI=1S/C17H24N3O6P/c1-3-25-27(24,26-4-2)11-7-10-18-15(21)12-20-14-9-6-5-8-13(14)16(22)19-17(20)23/h5-6,8-9H,3-4,7,10-12H2,1-2H3,(H,18,21)(H,19,22,23). The van der Waals surface area contributed by atoms with Gasteiger partial charge < -0.3 is 14.4 Å². The first-order valence-electron chi connectivity index (χ1n) is 8.77. The highest BCUT2D eigenvalue weighted by Gasteiger charge is 2.22. The van der Waals surface area contributed by atoms with Crippen LogP contribution in [0.15, 0.2) is 33.9 Å². The van der Waals surface area contributed by atoms with Gasteiger partial charge in [0.15, 0.2) is 0 Å². The molecule has 0 unspecified atom stereocenters. The molecule has 1 heterocycles. The zero-order valence-electron chi connectivity index (χ0n) is 15.4. The molecule has 1 aromatic carbocycles. The average Bonchev–Trinajstić information content (AvgIpc) is 2.63. The Bertz CT molecular complexity index is 942. The highest BCUT2D eigenvalue weighted by Crippen LogP contribution is 2.48. The molecule has 0 aliphatic heterocycles. The molecular formula is C17H24N3O6P. The summed E-state index contributed by atoms with van der Waals surface area (Å²) in [4.78, 5) is 38.3. The number of amides is 1. The Hall–Kier alpha value is -2.22. The fraction of sp³-hybridized carbons (Fsp3) is 0.471. The number of H-pyrrole nitrogens is 1. The normalized spacial score (nSPS) is 11.6. The van der Waals surface area contributed by atoms with Crippen molar-refractivity contribution in [1.29, 1.82) is 0 Å². The van der Waals surface area contributed by atoms with Gasteiger partial charge in [0, 0.05) is 6.54 Å². The van der Waals surface area contributed by atoms with Crippen LogP contribution >= 0.6 is 7.60 Å². The van der Waals surface area contributed by atoms with E-state index in [0.717, 1.165) is 0 Å². The molecular weight excluding hydrogens is 373 g/mol. The summed E-state index contributed by atoms with van der Waals surface area (Å²) < 4.78 is 23.9. The molecule has 148 valence electrons. The Morgan fingerprint density at radius 3 is 2.52 bits per heavy atom. The van der Waals surface area contributed by atoms with E-state index >= 15 is 0 Å². The molecule has 0 fully saturated rings. The van der Waals surface area contributed by atoms with Crippen LogP contribution in [-0.2, 0) is 25.0 Å². The number of rotatable bonds is 10. The average molecular weight is 397 g/mol. The third-order valence-corrected chi connectivity index (χ3v) is 5.96. The minimum Gasteiger partial charge on any atom is -0.355 e.